The largest absolute Gasteiger partial charge is 0.379 e. The van der Waals surface area contributed by atoms with Gasteiger partial charge >= 0.3 is 0 Å². The maximum atomic E-state index is 6.22. The van der Waals surface area contributed by atoms with E-state index in [1.165, 1.54) is 0 Å². The Bertz CT molecular complexity index is 602. The van der Waals surface area contributed by atoms with Gasteiger partial charge in [-0.2, -0.15) is 0 Å². The number of methoxy groups -OCH3 is 1. The van der Waals surface area contributed by atoms with Crippen molar-refractivity contribution in [3.05, 3.63) is 35.4 Å². The first-order chi connectivity index (χ1) is 9.69. The third kappa shape index (κ3) is 2.36. The van der Waals surface area contributed by atoms with E-state index in [0.717, 1.165) is 24.5 Å². The van der Waals surface area contributed by atoms with Gasteiger partial charge in [0, 0.05) is 45.8 Å². The molecule has 1 saturated heterocycles. The summed E-state index contributed by atoms with van der Waals surface area (Å²) in [7, 11) is 3.59. The second kappa shape index (κ2) is 5.38. The van der Waals surface area contributed by atoms with E-state index in [0.29, 0.717) is 5.02 Å². The molecule has 1 fully saturated rings. The number of aryl methyl sites for hydroxylation is 1. The molecule has 2 aromatic rings. The van der Waals surface area contributed by atoms with Gasteiger partial charge in [-0.25, -0.2) is 0 Å². The lowest BCUT2D eigenvalue weighted by Gasteiger charge is -2.19. The Hall–Kier alpha value is -1.66. The Morgan fingerprint density at radius 3 is 2.90 bits per heavy atom. The van der Waals surface area contributed by atoms with Crippen molar-refractivity contribution in [1.82, 2.24) is 20.0 Å². The summed E-state index contributed by atoms with van der Waals surface area (Å²) in [5, 5.41) is 8.86. The third-order valence-corrected chi connectivity index (χ3v) is 3.95. The number of rotatable bonds is 3. The fraction of sp³-hybridized carbons (Fsp3) is 0.462. The van der Waals surface area contributed by atoms with Crippen LogP contribution in [0.25, 0.3) is 0 Å². The van der Waals surface area contributed by atoms with Gasteiger partial charge in [-0.1, -0.05) is 16.8 Å². The first-order valence-corrected chi connectivity index (χ1v) is 6.80. The SMILES string of the molecule is CO[C@@H]1CN(c2ccncc2Cl)C[C@H]1c1cn(C)nn1. The molecule has 7 heteroatoms. The van der Waals surface area contributed by atoms with E-state index in [2.05, 4.69) is 20.2 Å². The summed E-state index contributed by atoms with van der Waals surface area (Å²) < 4.78 is 7.31. The average Bonchev–Trinajstić information content (AvgIpc) is 3.05. The predicted octanol–water partition coefficient (Wildman–Crippen LogP) is 1.48. The van der Waals surface area contributed by atoms with Gasteiger partial charge in [-0.3, -0.25) is 9.67 Å². The van der Waals surface area contributed by atoms with E-state index in [4.69, 9.17) is 16.3 Å². The van der Waals surface area contributed by atoms with Crippen molar-refractivity contribution in [2.75, 3.05) is 25.1 Å². The highest BCUT2D eigenvalue weighted by atomic mass is 35.5. The number of hydrogen-bond acceptors (Lipinski definition) is 5. The zero-order valence-corrected chi connectivity index (χ0v) is 12.2. The Labute approximate surface area is 122 Å². The molecule has 3 rings (SSSR count). The predicted molar refractivity (Wildman–Crippen MR) is 76.0 cm³/mol. The van der Waals surface area contributed by atoms with E-state index in [9.17, 15) is 0 Å². The fourth-order valence-corrected chi connectivity index (χ4v) is 2.89. The Morgan fingerprint density at radius 1 is 1.40 bits per heavy atom. The summed E-state index contributed by atoms with van der Waals surface area (Å²) >= 11 is 6.22. The molecule has 0 bridgehead atoms. The molecule has 0 aliphatic carbocycles. The molecule has 0 amide bonds. The molecule has 20 heavy (non-hydrogen) atoms. The Balaban J connectivity index is 1.86. The van der Waals surface area contributed by atoms with Gasteiger partial charge < -0.3 is 9.64 Å². The van der Waals surface area contributed by atoms with Crippen molar-refractivity contribution in [2.45, 2.75) is 12.0 Å². The zero-order valence-electron chi connectivity index (χ0n) is 11.4. The number of nitrogens with zero attached hydrogens (tertiary/aromatic N) is 5. The fourth-order valence-electron chi connectivity index (χ4n) is 2.65. The summed E-state index contributed by atoms with van der Waals surface area (Å²) in [5.41, 5.74) is 1.93. The number of pyridine rings is 1. The molecule has 6 nitrogen and oxygen atoms in total. The van der Waals surface area contributed by atoms with Gasteiger partial charge in [-0.05, 0) is 6.07 Å². The van der Waals surface area contributed by atoms with E-state index in [1.54, 1.807) is 24.2 Å². The third-order valence-electron chi connectivity index (χ3n) is 3.66. The van der Waals surface area contributed by atoms with Crippen LogP contribution in [0.5, 0.6) is 0 Å². The van der Waals surface area contributed by atoms with Crippen molar-refractivity contribution in [3.63, 3.8) is 0 Å². The van der Waals surface area contributed by atoms with Crippen LogP contribution in [-0.2, 0) is 11.8 Å². The standard InChI is InChI=1S/C13H16ClN5O/c1-18-7-11(16-17-18)9-6-19(8-13(9)20-2)12-3-4-15-5-10(12)14/h3-5,7,9,13H,6,8H2,1-2H3/t9-,13+/m0/s1. The van der Waals surface area contributed by atoms with Gasteiger partial charge in [0.15, 0.2) is 0 Å². The van der Waals surface area contributed by atoms with Crippen LogP contribution >= 0.6 is 11.6 Å². The van der Waals surface area contributed by atoms with Crippen molar-refractivity contribution >= 4 is 17.3 Å². The highest BCUT2D eigenvalue weighted by Crippen LogP contribution is 2.34. The van der Waals surface area contributed by atoms with Crippen LogP contribution in [0.4, 0.5) is 5.69 Å². The van der Waals surface area contributed by atoms with Crippen molar-refractivity contribution < 1.29 is 4.74 Å². The molecule has 2 aromatic heterocycles. The topological polar surface area (TPSA) is 56.1 Å². The molecule has 0 radical (unpaired) electrons. The molecule has 0 spiro atoms. The van der Waals surface area contributed by atoms with Gasteiger partial charge in [-0.15, -0.1) is 5.10 Å². The first-order valence-electron chi connectivity index (χ1n) is 6.42. The molecule has 0 N–H and O–H groups in total. The number of ether oxygens (including phenoxy) is 1. The lowest BCUT2D eigenvalue weighted by atomic mass is 10.0. The number of hydrogen-bond donors (Lipinski definition) is 0. The summed E-state index contributed by atoms with van der Waals surface area (Å²) in [6.07, 6.45) is 5.43. The second-order valence-electron chi connectivity index (χ2n) is 4.93. The van der Waals surface area contributed by atoms with E-state index >= 15 is 0 Å². The molecule has 0 aromatic carbocycles. The maximum Gasteiger partial charge on any atom is 0.0902 e. The van der Waals surface area contributed by atoms with Crippen molar-refractivity contribution in [2.24, 2.45) is 7.05 Å². The van der Waals surface area contributed by atoms with Gasteiger partial charge in [0.2, 0.25) is 0 Å². The summed E-state index contributed by atoms with van der Waals surface area (Å²) in [6.45, 7) is 1.59. The van der Waals surface area contributed by atoms with Gasteiger partial charge in [0.1, 0.15) is 0 Å². The average molecular weight is 294 g/mol. The van der Waals surface area contributed by atoms with Crippen LogP contribution in [0.15, 0.2) is 24.7 Å². The van der Waals surface area contributed by atoms with E-state index < -0.39 is 0 Å². The minimum absolute atomic E-state index is 0.0796. The highest BCUT2D eigenvalue weighted by Gasteiger charge is 2.36. The number of halogens is 1. The summed E-state index contributed by atoms with van der Waals surface area (Å²) in [5.74, 6) is 0.193. The Morgan fingerprint density at radius 2 is 2.25 bits per heavy atom. The van der Waals surface area contributed by atoms with E-state index in [1.807, 2.05) is 19.3 Å². The van der Waals surface area contributed by atoms with Gasteiger partial charge in [0.25, 0.3) is 0 Å². The first kappa shape index (κ1) is 13.3. The monoisotopic (exact) mass is 293 g/mol. The molecular formula is C13H16ClN5O. The van der Waals surface area contributed by atoms with Crippen LogP contribution in [0, 0.1) is 0 Å². The smallest absolute Gasteiger partial charge is 0.0902 e. The molecule has 0 unspecified atom stereocenters. The molecule has 106 valence electrons. The molecule has 2 atom stereocenters. The van der Waals surface area contributed by atoms with Crippen molar-refractivity contribution in [1.29, 1.82) is 0 Å². The van der Waals surface area contributed by atoms with Crippen molar-refractivity contribution in [3.8, 4) is 0 Å². The summed E-state index contributed by atoms with van der Waals surface area (Å²) in [4.78, 5) is 6.23. The quantitative estimate of drug-likeness (QED) is 0.858. The van der Waals surface area contributed by atoms with Gasteiger partial charge in [0.05, 0.1) is 28.4 Å². The van der Waals surface area contributed by atoms with Crippen LogP contribution in [-0.4, -0.2) is 46.3 Å². The minimum Gasteiger partial charge on any atom is -0.379 e. The van der Waals surface area contributed by atoms with E-state index in [-0.39, 0.29) is 12.0 Å². The molecular weight excluding hydrogens is 278 g/mol. The zero-order chi connectivity index (χ0) is 14.1. The Kier molecular flexibility index (Phi) is 3.58. The molecule has 1 aliphatic rings. The number of anilines is 1. The van der Waals surface area contributed by atoms with Crippen LogP contribution < -0.4 is 4.90 Å². The molecule has 1 aliphatic heterocycles. The van der Waals surface area contributed by atoms with Crippen LogP contribution in [0.3, 0.4) is 0 Å². The normalized spacial score (nSPS) is 22.4. The molecule has 0 saturated carbocycles. The lowest BCUT2D eigenvalue weighted by Crippen LogP contribution is -2.22. The molecule has 3 heterocycles. The van der Waals surface area contributed by atoms with Crippen LogP contribution in [0.2, 0.25) is 5.02 Å². The highest BCUT2D eigenvalue weighted by molar-refractivity contribution is 6.33. The number of aromatic nitrogens is 4. The lowest BCUT2D eigenvalue weighted by molar-refractivity contribution is 0.105. The summed E-state index contributed by atoms with van der Waals surface area (Å²) in [6, 6.07) is 1.92. The minimum atomic E-state index is 0.0796. The van der Waals surface area contributed by atoms with Crippen LogP contribution in [0.1, 0.15) is 11.6 Å². The maximum absolute atomic E-state index is 6.22. The second-order valence-corrected chi connectivity index (χ2v) is 5.34.